The molecule has 0 aliphatic rings. The first-order valence-corrected chi connectivity index (χ1v) is 31.0. The quantitative estimate of drug-likeness (QED) is 0.0611. The maximum Gasteiger partial charge on any atom is 0.312 e. The molecule has 0 amide bonds. The van der Waals surface area contributed by atoms with Gasteiger partial charge in [-0.3, -0.25) is 23.7 Å². The second kappa shape index (κ2) is 16.8. The molecule has 2 heterocycles. The van der Waals surface area contributed by atoms with Gasteiger partial charge in [0.25, 0.3) is 22.2 Å². The molecule has 296 valence electrons. The molecule has 0 unspecified atom stereocenters. The Bertz CT molecular complexity index is 2240. The molecular weight excluding hydrogens is 765 g/mol. The first-order chi connectivity index (χ1) is 25.7. The van der Waals surface area contributed by atoms with E-state index in [-0.39, 0.29) is 21.5 Å². The molecule has 0 bridgehead atoms. The molecule has 0 fully saturated rings. The van der Waals surface area contributed by atoms with E-state index in [9.17, 15) is 19.2 Å². The smallest absolute Gasteiger partial charge is 0.312 e. The van der Waals surface area contributed by atoms with Crippen LogP contribution in [0.2, 0.25) is 64.5 Å². The fourth-order valence-corrected chi connectivity index (χ4v) is 26.9. The van der Waals surface area contributed by atoms with Gasteiger partial charge in [-0.25, -0.2) is 4.57 Å². The van der Waals surface area contributed by atoms with E-state index in [1.807, 2.05) is 12.1 Å². The van der Waals surface area contributed by atoms with Gasteiger partial charge in [0.15, 0.2) is 16.6 Å². The molecule has 0 atom stereocenters. The molecule has 0 saturated carbocycles. The van der Waals surface area contributed by atoms with Crippen molar-refractivity contribution in [1.82, 2.24) is 9.13 Å². The fourth-order valence-electron chi connectivity index (χ4n) is 7.41. The third kappa shape index (κ3) is 10.8. The summed E-state index contributed by atoms with van der Waals surface area (Å²) >= 11 is 0. The Hall–Kier alpha value is -3.71. The normalized spacial score (nSPS) is 12.9. The summed E-state index contributed by atoms with van der Waals surface area (Å²) in [5.74, 6) is 1.54. The summed E-state index contributed by atoms with van der Waals surface area (Å²) in [5, 5.41) is 0.491. The Morgan fingerprint density at radius 1 is 0.509 bits per heavy atom. The van der Waals surface area contributed by atoms with E-state index in [4.69, 9.17) is 21.8 Å². The molecule has 55 heavy (non-hydrogen) atoms. The van der Waals surface area contributed by atoms with Crippen molar-refractivity contribution in [1.29, 1.82) is 0 Å². The first kappa shape index (κ1) is 42.4. The summed E-state index contributed by atoms with van der Waals surface area (Å²) in [5.41, 5.74) is -0.436. The topological polar surface area (TPSA) is 124 Å². The van der Waals surface area contributed by atoms with Crippen molar-refractivity contribution >= 4 is 55.3 Å². The Labute approximate surface area is 327 Å². The Kier molecular flexibility index (Phi) is 13.0. The number of ether oxygens (including phenoxy) is 2. The van der Waals surface area contributed by atoms with Crippen LogP contribution in [0.25, 0.3) is 27.2 Å². The van der Waals surface area contributed by atoms with Crippen molar-refractivity contribution < 1.29 is 21.8 Å². The van der Waals surface area contributed by atoms with E-state index in [1.165, 1.54) is 24.7 Å². The minimum Gasteiger partial charge on any atom is -0.494 e. The van der Waals surface area contributed by atoms with Crippen LogP contribution in [-0.2, 0) is 19.4 Å². The molecule has 0 N–H and O–H groups in total. The molecule has 0 aliphatic carbocycles. The summed E-state index contributed by atoms with van der Waals surface area (Å²) in [7, 11) is -7.48. The number of hydrogen-bond donors (Lipinski definition) is 0. The van der Waals surface area contributed by atoms with Crippen LogP contribution in [0.15, 0.2) is 79.8 Å². The highest BCUT2D eigenvalue weighted by Gasteiger charge is 2.43. The second-order valence-electron chi connectivity index (χ2n) is 16.6. The second-order valence-corrected chi connectivity index (χ2v) is 32.7. The van der Waals surface area contributed by atoms with Crippen LogP contribution in [0.5, 0.6) is 11.5 Å². The monoisotopic (exact) mass is 820 g/mol. The molecule has 3 aromatic carbocycles. The van der Waals surface area contributed by atoms with Gasteiger partial charge in [-0.05, 0) is 133 Å². The number of aryl methyl sites for hydroxylation is 1. The maximum absolute atomic E-state index is 13.2. The van der Waals surface area contributed by atoms with E-state index in [1.54, 1.807) is 24.3 Å². The molecular formula is C40H56N2O9Si4. The molecule has 5 aromatic rings. The van der Waals surface area contributed by atoms with Crippen molar-refractivity contribution in [2.45, 2.75) is 97.1 Å². The summed E-state index contributed by atoms with van der Waals surface area (Å²) in [6.07, 6.45) is 3.85. The lowest BCUT2D eigenvalue weighted by Crippen LogP contribution is -2.56. The van der Waals surface area contributed by atoms with Gasteiger partial charge in [0.2, 0.25) is 0 Å². The summed E-state index contributed by atoms with van der Waals surface area (Å²) in [6, 6.07) is 19.7. The molecule has 0 radical (unpaired) electrons. The summed E-state index contributed by atoms with van der Waals surface area (Å²) < 4.78 is 34.3. The van der Waals surface area contributed by atoms with Crippen molar-refractivity contribution in [2.75, 3.05) is 13.2 Å². The van der Waals surface area contributed by atoms with E-state index < -0.39 is 56.0 Å². The van der Waals surface area contributed by atoms with Crippen LogP contribution >= 0.6 is 0 Å². The molecule has 15 heteroatoms. The standard InChI is InChI=1S/C40H56N2O9Si4/c1-29-15-19-31(20-16-29)47-23-11-13-25-52(3,4)49-54(7,8)51-55(9,10)50-53(5,6)26-14-12-24-48-32-21-17-30(18-22-32)42-39(45)35-27-33-34(28-36(35)40(42)46)38(44)41(2)37(33)43/h15-22,27-28H,11-14,23-26H2,1-10H3. The molecule has 0 aliphatic heterocycles. The average Bonchev–Trinajstić information content (AvgIpc) is 3.45. The van der Waals surface area contributed by atoms with Gasteiger partial charge < -0.3 is 21.8 Å². The summed E-state index contributed by atoms with van der Waals surface area (Å²) in [4.78, 5) is 51.3. The molecule has 5 rings (SSSR count). The Morgan fingerprint density at radius 2 is 0.891 bits per heavy atom. The number of benzene rings is 3. The lowest BCUT2D eigenvalue weighted by atomic mass is 10.1. The number of aromatic nitrogens is 2. The third-order valence-corrected chi connectivity index (χ3v) is 25.0. The van der Waals surface area contributed by atoms with Gasteiger partial charge in [0, 0.05) is 7.05 Å². The lowest BCUT2D eigenvalue weighted by molar-refractivity contribution is 0.305. The Morgan fingerprint density at radius 3 is 1.31 bits per heavy atom. The van der Waals surface area contributed by atoms with Crippen molar-refractivity contribution in [3.8, 4) is 17.2 Å². The maximum atomic E-state index is 13.2. The number of hydrogen-bond acceptors (Lipinski definition) is 9. The zero-order chi connectivity index (χ0) is 40.3. The van der Waals surface area contributed by atoms with E-state index in [2.05, 4.69) is 71.4 Å². The SMILES string of the molecule is Cc1ccc(OCCCC[Si](C)(C)O[Si](C)(C)O[Si](C)(C)O[Si](C)(C)CCCCOc2ccc(-n3c(=O)c4cc5c(=O)n(C)c(=O)c5cc4c3=O)cc2)cc1. The molecule has 11 nitrogen and oxygen atoms in total. The van der Waals surface area contributed by atoms with Gasteiger partial charge in [-0.2, -0.15) is 0 Å². The number of unbranched alkanes of at least 4 members (excludes halogenated alkanes) is 2. The molecule has 0 spiro atoms. The van der Waals surface area contributed by atoms with Crippen molar-refractivity contribution in [3.63, 3.8) is 0 Å². The highest BCUT2D eigenvalue weighted by molar-refractivity contribution is 6.89. The number of nitrogens with zero attached hydrogens (tertiary/aromatic N) is 2. The Balaban J connectivity index is 1.05. The fraction of sp³-hybridized carbons (Fsp3) is 0.450. The van der Waals surface area contributed by atoms with Gasteiger partial charge >= 0.3 is 17.1 Å². The van der Waals surface area contributed by atoms with E-state index in [0.29, 0.717) is 24.7 Å². The number of fused-ring (bicyclic) bond motifs is 2. The zero-order valence-corrected chi connectivity index (χ0v) is 38.0. The van der Waals surface area contributed by atoms with Gasteiger partial charge in [0.1, 0.15) is 11.5 Å². The first-order valence-electron chi connectivity index (χ1n) is 19.1. The minimum atomic E-state index is -2.46. The number of rotatable bonds is 19. The third-order valence-electron chi connectivity index (χ3n) is 9.63. The van der Waals surface area contributed by atoms with Gasteiger partial charge in [-0.15, -0.1) is 0 Å². The minimum absolute atomic E-state index is 0.112. The highest BCUT2D eigenvalue weighted by atomic mass is 28.5. The van der Waals surface area contributed by atoms with Crippen LogP contribution in [-0.4, -0.2) is 56.1 Å². The largest absolute Gasteiger partial charge is 0.494 e. The van der Waals surface area contributed by atoms with Crippen LogP contribution in [0, 0.1) is 6.92 Å². The van der Waals surface area contributed by atoms with Crippen molar-refractivity contribution in [2.24, 2.45) is 7.05 Å². The molecule has 0 saturated heterocycles. The predicted molar refractivity (Wildman–Crippen MR) is 231 cm³/mol. The van der Waals surface area contributed by atoms with E-state index >= 15 is 0 Å². The van der Waals surface area contributed by atoms with Gasteiger partial charge in [0.05, 0.1) is 40.4 Å². The van der Waals surface area contributed by atoms with Crippen LogP contribution in [0.4, 0.5) is 0 Å². The van der Waals surface area contributed by atoms with Gasteiger partial charge in [-0.1, -0.05) is 30.5 Å². The zero-order valence-electron chi connectivity index (χ0n) is 34.0. The average molecular weight is 821 g/mol. The van der Waals surface area contributed by atoms with Crippen LogP contribution in [0.1, 0.15) is 31.2 Å². The van der Waals surface area contributed by atoms with Crippen molar-refractivity contribution in [3.05, 3.63) is 108 Å². The lowest BCUT2D eigenvalue weighted by Gasteiger charge is -2.41. The highest BCUT2D eigenvalue weighted by Crippen LogP contribution is 2.28. The van der Waals surface area contributed by atoms with Crippen LogP contribution in [0.3, 0.4) is 0 Å². The molecule has 2 aromatic heterocycles. The van der Waals surface area contributed by atoms with E-state index in [0.717, 1.165) is 52.7 Å². The summed E-state index contributed by atoms with van der Waals surface area (Å²) in [6.45, 7) is 20.9. The van der Waals surface area contributed by atoms with Crippen LogP contribution < -0.4 is 31.7 Å². The predicted octanol–water partition coefficient (Wildman–Crippen LogP) is 7.63.